The highest BCUT2D eigenvalue weighted by atomic mass is 32.2. The smallest absolute Gasteiger partial charge is 0.412 e. The van der Waals surface area contributed by atoms with Gasteiger partial charge < -0.3 is 39.9 Å². The second kappa shape index (κ2) is 25.7. The van der Waals surface area contributed by atoms with E-state index in [1.807, 2.05) is 57.2 Å². The lowest BCUT2D eigenvalue weighted by atomic mass is 9.56. The Labute approximate surface area is 387 Å². The molecule has 0 bridgehead atoms. The average molecular weight is 904 g/mol. The van der Waals surface area contributed by atoms with E-state index in [2.05, 4.69) is 30.2 Å². The quantitative estimate of drug-likeness (QED) is 0.0391. The predicted octanol–water partition coefficient (Wildman–Crippen LogP) is 11.9. The molecule has 2 aliphatic carbocycles. The Morgan fingerprint density at radius 2 is 1.59 bits per heavy atom. The fourth-order valence-corrected chi connectivity index (χ4v) is 10.9. The number of nitrogens with one attached hydrogen (secondary N) is 2. The van der Waals surface area contributed by atoms with Crippen LogP contribution in [0.1, 0.15) is 155 Å². The number of allylic oxidation sites excluding steroid dienone is 1. The van der Waals surface area contributed by atoms with Crippen molar-refractivity contribution in [2.45, 2.75) is 171 Å². The largest absolute Gasteiger partial charge is 0.460 e. The molecule has 4 N–H and O–H groups in total. The third-order valence-corrected chi connectivity index (χ3v) is 13.8. The average Bonchev–Trinajstić information content (AvgIpc) is 3.26. The number of unbranched alkanes of at least 4 members (excludes halogenated alkanes) is 11. The number of carbonyl (C=O) groups is 2. The highest BCUT2D eigenvalue weighted by Crippen LogP contribution is 2.63. The standard InChI is InChI=1S/C52H77N3O8S/c1-7-9-10-11-12-13-14-15-16-19-30-53-50(59)61-40-26-29-46-44(35-40)48-42(23-18-21-32-57)38(22-17-20-31-56)34-43-45(55-63-51(4,5)6)36-47(52(62-46,49(43)48)60-33-8-2)64-41-27-24-39(25-28-41)54-37(3)58/h8,24-29,34-35,38,42,47-49,56-57H,2,7,9-23,30-33,36H2,1,3-6H3,(H,53,59)(H,54,58)/t38-,42+,47-,48+,49+,52+/m0/s1. The van der Waals surface area contributed by atoms with Gasteiger partial charge in [0, 0.05) is 55.2 Å². The Hall–Kier alpha value is -3.84. The van der Waals surface area contributed by atoms with Crippen LogP contribution in [0.4, 0.5) is 10.5 Å². The van der Waals surface area contributed by atoms with Crippen molar-refractivity contribution in [2.75, 3.05) is 31.7 Å². The molecule has 1 saturated carbocycles. The molecule has 0 radical (unpaired) electrons. The maximum atomic E-state index is 13.3. The van der Waals surface area contributed by atoms with Gasteiger partial charge in [-0.1, -0.05) is 94.9 Å². The molecule has 11 nitrogen and oxygen atoms in total. The van der Waals surface area contributed by atoms with Crippen LogP contribution in [0, 0.1) is 17.8 Å². The molecule has 3 aliphatic rings. The van der Waals surface area contributed by atoms with Crippen molar-refractivity contribution >= 4 is 35.2 Å². The molecule has 5 rings (SSSR count). The van der Waals surface area contributed by atoms with Gasteiger partial charge in [0.25, 0.3) is 0 Å². The van der Waals surface area contributed by atoms with Gasteiger partial charge in [-0.2, -0.15) is 0 Å². The van der Waals surface area contributed by atoms with Crippen molar-refractivity contribution in [3.63, 3.8) is 0 Å². The summed E-state index contributed by atoms with van der Waals surface area (Å²) in [6.07, 6.45) is 21.1. The number of aliphatic hydroxyl groups is 2. The number of ether oxygens (including phenoxy) is 3. The number of carbonyl (C=O) groups excluding carboxylic acids is 2. The zero-order chi connectivity index (χ0) is 46.0. The zero-order valence-corrected chi connectivity index (χ0v) is 40.2. The van der Waals surface area contributed by atoms with E-state index in [1.165, 1.54) is 58.3 Å². The second-order valence-electron chi connectivity index (χ2n) is 18.8. The van der Waals surface area contributed by atoms with Gasteiger partial charge in [0.1, 0.15) is 17.1 Å². The Kier molecular flexibility index (Phi) is 20.6. The summed E-state index contributed by atoms with van der Waals surface area (Å²) < 4.78 is 20.4. The minimum atomic E-state index is -1.18. The van der Waals surface area contributed by atoms with Crippen LogP contribution in [0.3, 0.4) is 0 Å². The molecule has 0 saturated heterocycles. The maximum Gasteiger partial charge on any atom is 0.412 e. The lowest BCUT2D eigenvalue weighted by Gasteiger charge is -2.58. The van der Waals surface area contributed by atoms with Crippen molar-refractivity contribution in [1.82, 2.24) is 5.32 Å². The van der Waals surface area contributed by atoms with E-state index < -0.39 is 17.5 Å². The van der Waals surface area contributed by atoms with Gasteiger partial charge in [0.15, 0.2) is 0 Å². The number of aliphatic hydroxyl groups excluding tert-OH is 2. The van der Waals surface area contributed by atoms with Crippen LogP contribution in [0.25, 0.3) is 0 Å². The first-order chi connectivity index (χ1) is 30.9. The van der Waals surface area contributed by atoms with Crippen molar-refractivity contribution in [3.8, 4) is 11.5 Å². The van der Waals surface area contributed by atoms with Crippen LogP contribution < -0.4 is 20.1 Å². The number of thioether (sulfide) groups is 1. The van der Waals surface area contributed by atoms with Gasteiger partial charge in [-0.15, -0.1) is 18.3 Å². The first-order valence-corrected chi connectivity index (χ1v) is 25.1. The number of hydrogen-bond acceptors (Lipinski definition) is 10. The molecule has 6 atom stereocenters. The number of amides is 2. The zero-order valence-electron chi connectivity index (χ0n) is 39.3. The molecule has 64 heavy (non-hydrogen) atoms. The van der Waals surface area contributed by atoms with E-state index in [4.69, 9.17) is 24.2 Å². The summed E-state index contributed by atoms with van der Waals surface area (Å²) in [4.78, 5) is 32.3. The van der Waals surface area contributed by atoms with Crippen molar-refractivity contribution in [1.29, 1.82) is 0 Å². The van der Waals surface area contributed by atoms with Crippen LogP contribution in [-0.2, 0) is 14.4 Å². The van der Waals surface area contributed by atoms with Crippen molar-refractivity contribution < 1.29 is 38.9 Å². The third kappa shape index (κ3) is 14.6. The van der Waals surface area contributed by atoms with E-state index in [0.29, 0.717) is 43.0 Å². The number of fused-ring (bicyclic) bond motifs is 2. The first-order valence-electron chi connectivity index (χ1n) is 24.2. The molecule has 1 aliphatic heterocycles. The molecule has 0 aromatic heterocycles. The molecule has 12 heteroatoms. The maximum absolute atomic E-state index is 13.3. The summed E-state index contributed by atoms with van der Waals surface area (Å²) in [5, 5.41) is 30.3. The highest BCUT2D eigenvalue weighted by molar-refractivity contribution is 8.00. The Morgan fingerprint density at radius 1 is 0.922 bits per heavy atom. The minimum absolute atomic E-state index is 0.0965. The number of oxime groups is 1. The highest BCUT2D eigenvalue weighted by Gasteiger charge is 2.64. The van der Waals surface area contributed by atoms with Crippen LogP contribution >= 0.6 is 11.8 Å². The monoisotopic (exact) mass is 904 g/mol. The normalized spacial score (nSPS) is 23.0. The predicted molar refractivity (Wildman–Crippen MR) is 258 cm³/mol. The molecule has 0 unspecified atom stereocenters. The summed E-state index contributed by atoms with van der Waals surface area (Å²) in [6, 6.07) is 13.5. The second-order valence-corrected chi connectivity index (χ2v) is 20.0. The van der Waals surface area contributed by atoms with Gasteiger partial charge in [-0.3, -0.25) is 4.79 Å². The number of rotatable bonds is 27. The summed E-state index contributed by atoms with van der Waals surface area (Å²) in [5.74, 6) is -0.500. The number of nitrogens with zero attached hydrogens (tertiary/aromatic N) is 1. The van der Waals surface area contributed by atoms with E-state index in [1.54, 1.807) is 23.9 Å². The molecule has 2 aromatic carbocycles. The van der Waals surface area contributed by atoms with Gasteiger partial charge in [0.2, 0.25) is 11.7 Å². The number of anilines is 1. The third-order valence-electron chi connectivity index (χ3n) is 12.5. The van der Waals surface area contributed by atoms with E-state index >= 15 is 0 Å². The van der Waals surface area contributed by atoms with Crippen LogP contribution in [0.15, 0.2) is 76.8 Å². The molecule has 0 spiro atoms. The Morgan fingerprint density at radius 3 is 2.23 bits per heavy atom. The molecule has 1 heterocycles. The summed E-state index contributed by atoms with van der Waals surface area (Å²) in [7, 11) is 0. The fraction of sp³-hybridized carbons (Fsp3) is 0.635. The lowest BCUT2D eigenvalue weighted by Crippen LogP contribution is -2.64. The van der Waals surface area contributed by atoms with Crippen molar-refractivity contribution in [3.05, 3.63) is 72.3 Å². The Balaban J connectivity index is 1.52. The van der Waals surface area contributed by atoms with Crippen LogP contribution in [-0.4, -0.2) is 70.9 Å². The SMILES string of the molecule is C=CCO[C@@]12Oc3ccc(OC(=O)NCCCCCCCCCCCC)cc3[C@H]3[C@H](CCCCO)[C@@H](CCCCO)C=C(C(=NOC(C)(C)C)C[C@@H]1Sc1ccc(NC(C)=O)cc1)[C@H]32. The molecule has 1 fully saturated rings. The summed E-state index contributed by atoms with van der Waals surface area (Å²) >= 11 is 1.65. The van der Waals surface area contributed by atoms with Gasteiger partial charge in [-0.25, -0.2) is 4.79 Å². The molecule has 354 valence electrons. The van der Waals surface area contributed by atoms with Gasteiger partial charge >= 0.3 is 6.09 Å². The summed E-state index contributed by atoms with van der Waals surface area (Å²) in [5.41, 5.74) is 2.97. The first kappa shape index (κ1) is 51.1. The molecular formula is C52H77N3O8S. The van der Waals surface area contributed by atoms with Crippen LogP contribution in [0.5, 0.6) is 11.5 Å². The molecule has 2 amide bonds. The van der Waals surface area contributed by atoms with E-state index in [0.717, 1.165) is 60.3 Å². The topological polar surface area (TPSA) is 148 Å². The van der Waals surface area contributed by atoms with E-state index in [9.17, 15) is 19.8 Å². The fourth-order valence-electron chi connectivity index (χ4n) is 9.61. The molecule has 2 aromatic rings. The Bertz CT molecular complexity index is 1840. The number of benzene rings is 2. The number of hydrogen-bond donors (Lipinski definition) is 4. The minimum Gasteiger partial charge on any atom is -0.460 e. The van der Waals surface area contributed by atoms with Crippen molar-refractivity contribution in [2.24, 2.45) is 22.9 Å². The van der Waals surface area contributed by atoms with Crippen LogP contribution in [0.2, 0.25) is 0 Å². The van der Waals surface area contributed by atoms with Gasteiger partial charge in [-0.05, 0) is 113 Å². The van der Waals surface area contributed by atoms with E-state index in [-0.39, 0.29) is 54.6 Å². The molecular weight excluding hydrogens is 827 g/mol. The lowest BCUT2D eigenvalue weighted by molar-refractivity contribution is -0.223. The van der Waals surface area contributed by atoms with Gasteiger partial charge in [0.05, 0.1) is 23.5 Å². The summed E-state index contributed by atoms with van der Waals surface area (Å²) in [6.45, 7) is 14.8.